The predicted molar refractivity (Wildman–Crippen MR) is 83.6 cm³/mol. The molecule has 2 aromatic carbocycles. The normalized spacial score (nSPS) is 11.9. The maximum atomic E-state index is 12.9. The highest BCUT2D eigenvalue weighted by Crippen LogP contribution is 2.16. The fraction of sp³-hybridized carbons (Fsp3) is 0.118. The lowest BCUT2D eigenvalue weighted by atomic mass is 10.1. The van der Waals surface area contributed by atoms with Crippen LogP contribution in [0.5, 0.6) is 0 Å². The molecule has 0 aliphatic heterocycles. The Balaban J connectivity index is 1.69. The Hall–Kier alpha value is -3.02. The van der Waals surface area contributed by atoms with Crippen molar-refractivity contribution >= 4 is 5.91 Å². The zero-order chi connectivity index (χ0) is 16.2. The van der Waals surface area contributed by atoms with Crippen molar-refractivity contribution in [2.24, 2.45) is 0 Å². The quantitative estimate of drug-likeness (QED) is 0.806. The summed E-state index contributed by atoms with van der Waals surface area (Å²) in [4.78, 5) is 16.0. The average molecular weight is 310 g/mol. The third-order valence-corrected chi connectivity index (χ3v) is 3.53. The molecule has 5 nitrogen and oxygen atoms in total. The Labute approximate surface area is 132 Å². The van der Waals surface area contributed by atoms with Gasteiger partial charge in [0.1, 0.15) is 18.5 Å². The summed E-state index contributed by atoms with van der Waals surface area (Å²) in [6.07, 6.45) is 3.09. The number of halogens is 1. The van der Waals surface area contributed by atoms with E-state index >= 15 is 0 Å². The summed E-state index contributed by atoms with van der Waals surface area (Å²) in [7, 11) is 0. The number of rotatable bonds is 4. The van der Waals surface area contributed by atoms with Crippen LogP contribution in [-0.4, -0.2) is 20.7 Å². The number of carbonyl (C=O) groups excluding carboxylic acids is 1. The highest BCUT2D eigenvalue weighted by Gasteiger charge is 2.11. The van der Waals surface area contributed by atoms with Crippen LogP contribution in [0.25, 0.3) is 5.69 Å². The molecule has 1 aromatic heterocycles. The average Bonchev–Trinajstić information content (AvgIpc) is 3.10. The highest BCUT2D eigenvalue weighted by molar-refractivity contribution is 5.94. The summed E-state index contributed by atoms with van der Waals surface area (Å²) >= 11 is 0. The number of carbonyl (C=O) groups is 1. The number of aromatic nitrogens is 3. The molecule has 0 spiro atoms. The van der Waals surface area contributed by atoms with Crippen molar-refractivity contribution in [2.45, 2.75) is 13.0 Å². The Kier molecular flexibility index (Phi) is 4.14. The van der Waals surface area contributed by atoms with Crippen molar-refractivity contribution in [3.63, 3.8) is 0 Å². The SMILES string of the molecule is C[C@@H](NC(=O)c1ccc(F)cc1)c1ccc(-n2cncn2)cc1. The maximum absolute atomic E-state index is 12.9. The molecule has 1 heterocycles. The number of hydrogen-bond acceptors (Lipinski definition) is 3. The molecule has 23 heavy (non-hydrogen) atoms. The summed E-state index contributed by atoms with van der Waals surface area (Å²) in [6.45, 7) is 1.89. The van der Waals surface area contributed by atoms with Gasteiger partial charge in [0.05, 0.1) is 11.7 Å². The van der Waals surface area contributed by atoms with Crippen molar-refractivity contribution in [2.75, 3.05) is 0 Å². The van der Waals surface area contributed by atoms with Gasteiger partial charge in [-0.05, 0) is 48.9 Å². The maximum Gasteiger partial charge on any atom is 0.251 e. The minimum atomic E-state index is -0.363. The minimum Gasteiger partial charge on any atom is -0.346 e. The van der Waals surface area contributed by atoms with Crippen LogP contribution < -0.4 is 5.32 Å². The monoisotopic (exact) mass is 310 g/mol. The molecule has 6 heteroatoms. The Morgan fingerprint density at radius 3 is 2.43 bits per heavy atom. The van der Waals surface area contributed by atoms with Gasteiger partial charge in [-0.25, -0.2) is 14.1 Å². The van der Waals surface area contributed by atoms with Crippen LogP contribution in [0, 0.1) is 5.82 Å². The van der Waals surface area contributed by atoms with E-state index in [0.717, 1.165) is 11.3 Å². The van der Waals surface area contributed by atoms with E-state index in [1.807, 2.05) is 31.2 Å². The van der Waals surface area contributed by atoms with Gasteiger partial charge in [0, 0.05) is 5.56 Å². The third-order valence-electron chi connectivity index (χ3n) is 3.53. The van der Waals surface area contributed by atoms with Gasteiger partial charge >= 0.3 is 0 Å². The minimum absolute atomic E-state index is 0.169. The molecule has 116 valence electrons. The van der Waals surface area contributed by atoms with E-state index in [2.05, 4.69) is 15.4 Å². The van der Waals surface area contributed by atoms with Gasteiger partial charge in [0.2, 0.25) is 0 Å². The summed E-state index contributed by atoms with van der Waals surface area (Å²) in [5.74, 6) is -0.601. The van der Waals surface area contributed by atoms with E-state index in [4.69, 9.17) is 0 Å². The van der Waals surface area contributed by atoms with Crippen molar-refractivity contribution < 1.29 is 9.18 Å². The first-order valence-electron chi connectivity index (χ1n) is 7.15. The molecular formula is C17H15FN4O. The van der Waals surface area contributed by atoms with Gasteiger partial charge in [-0.3, -0.25) is 4.79 Å². The Bertz CT molecular complexity index is 782. The Morgan fingerprint density at radius 2 is 1.83 bits per heavy atom. The van der Waals surface area contributed by atoms with Gasteiger partial charge in [-0.1, -0.05) is 12.1 Å². The summed E-state index contributed by atoms with van der Waals surface area (Å²) in [5, 5.41) is 6.95. The topological polar surface area (TPSA) is 59.8 Å². The first-order chi connectivity index (χ1) is 11.1. The zero-order valence-electron chi connectivity index (χ0n) is 12.5. The van der Waals surface area contributed by atoms with Crippen LogP contribution >= 0.6 is 0 Å². The molecule has 0 unspecified atom stereocenters. The fourth-order valence-electron chi connectivity index (χ4n) is 2.22. The molecule has 0 aliphatic rings. The molecular weight excluding hydrogens is 295 g/mol. The van der Waals surface area contributed by atoms with E-state index in [-0.39, 0.29) is 17.8 Å². The van der Waals surface area contributed by atoms with Crippen LogP contribution in [0.3, 0.4) is 0 Å². The van der Waals surface area contributed by atoms with Crippen molar-refractivity contribution in [3.8, 4) is 5.69 Å². The van der Waals surface area contributed by atoms with Gasteiger partial charge in [0.15, 0.2) is 0 Å². The fourth-order valence-corrected chi connectivity index (χ4v) is 2.22. The lowest BCUT2D eigenvalue weighted by Gasteiger charge is -2.15. The molecule has 0 saturated heterocycles. The second-order valence-corrected chi connectivity index (χ2v) is 5.13. The predicted octanol–water partition coefficient (Wildman–Crippen LogP) is 2.90. The van der Waals surface area contributed by atoms with Crippen molar-refractivity contribution in [1.29, 1.82) is 0 Å². The number of nitrogens with one attached hydrogen (secondary N) is 1. The van der Waals surface area contributed by atoms with Crippen LogP contribution in [0.2, 0.25) is 0 Å². The number of hydrogen-bond donors (Lipinski definition) is 1. The van der Waals surface area contributed by atoms with Crippen LogP contribution in [-0.2, 0) is 0 Å². The standard InChI is InChI=1S/C17H15FN4O/c1-12(21-17(23)14-2-6-15(18)7-3-14)13-4-8-16(9-5-13)22-11-19-10-20-22/h2-12H,1H3,(H,21,23)/t12-/m1/s1. The van der Waals surface area contributed by atoms with Gasteiger partial charge in [0.25, 0.3) is 5.91 Å². The van der Waals surface area contributed by atoms with Gasteiger partial charge in [-0.2, -0.15) is 5.10 Å². The van der Waals surface area contributed by atoms with E-state index < -0.39 is 0 Å². The van der Waals surface area contributed by atoms with Crippen molar-refractivity contribution in [3.05, 3.63) is 78.1 Å². The second-order valence-electron chi connectivity index (χ2n) is 5.13. The smallest absolute Gasteiger partial charge is 0.251 e. The zero-order valence-corrected chi connectivity index (χ0v) is 12.5. The van der Waals surface area contributed by atoms with Crippen molar-refractivity contribution in [1.82, 2.24) is 20.1 Å². The number of amides is 1. The van der Waals surface area contributed by atoms with Crippen LogP contribution in [0.4, 0.5) is 4.39 Å². The largest absolute Gasteiger partial charge is 0.346 e. The molecule has 0 aliphatic carbocycles. The van der Waals surface area contributed by atoms with Gasteiger partial charge < -0.3 is 5.32 Å². The molecule has 3 aromatic rings. The van der Waals surface area contributed by atoms with E-state index in [9.17, 15) is 9.18 Å². The summed E-state index contributed by atoms with van der Waals surface area (Å²) < 4.78 is 14.5. The Morgan fingerprint density at radius 1 is 1.13 bits per heavy atom. The number of nitrogens with zero attached hydrogens (tertiary/aromatic N) is 3. The summed E-state index contributed by atoms with van der Waals surface area (Å²) in [5.41, 5.74) is 2.28. The molecule has 0 radical (unpaired) electrons. The highest BCUT2D eigenvalue weighted by atomic mass is 19.1. The number of benzene rings is 2. The van der Waals surface area contributed by atoms with Crippen LogP contribution in [0.15, 0.2) is 61.2 Å². The molecule has 3 rings (SSSR count). The third kappa shape index (κ3) is 3.42. The second kappa shape index (κ2) is 6.39. The molecule has 0 bridgehead atoms. The summed E-state index contributed by atoms with van der Waals surface area (Å²) in [6, 6.07) is 13.0. The lowest BCUT2D eigenvalue weighted by Crippen LogP contribution is -2.26. The molecule has 1 N–H and O–H groups in total. The van der Waals surface area contributed by atoms with E-state index in [1.54, 1.807) is 11.0 Å². The van der Waals surface area contributed by atoms with Crippen LogP contribution in [0.1, 0.15) is 28.9 Å². The first kappa shape index (κ1) is 14.9. The van der Waals surface area contributed by atoms with E-state index in [0.29, 0.717) is 5.56 Å². The molecule has 1 atom stereocenters. The molecule has 0 fully saturated rings. The molecule has 1 amide bonds. The molecule has 0 saturated carbocycles. The van der Waals surface area contributed by atoms with E-state index in [1.165, 1.54) is 30.6 Å². The first-order valence-corrected chi connectivity index (χ1v) is 7.15. The van der Waals surface area contributed by atoms with Gasteiger partial charge in [-0.15, -0.1) is 0 Å². The lowest BCUT2D eigenvalue weighted by molar-refractivity contribution is 0.0940.